The van der Waals surface area contributed by atoms with Crippen LogP contribution in [0.25, 0.3) is 0 Å². The topological polar surface area (TPSA) is 54.4 Å². The van der Waals surface area contributed by atoms with Crippen molar-refractivity contribution in [3.8, 4) is 0 Å². The molecule has 0 aromatic heterocycles. The number of hydrogen-bond donors (Lipinski definition) is 1. The highest BCUT2D eigenvalue weighted by Gasteiger charge is 2.56. The van der Waals surface area contributed by atoms with Gasteiger partial charge in [0.05, 0.1) is 11.8 Å². The van der Waals surface area contributed by atoms with Gasteiger partial charge >= 0.3 is 0 Å². The molecule has 3 atom stereocenters. The third-order valence-electron chi connectivity index (χ3n) is 3.35. The normalized spacial score (nSPS) is 32.1. The molecular formula is C9H19B2O3P. The quantitative estimate of drug-likeness (QED) is 0.548. The Morgan fingerprint density at radius 3 is 2.60 bits per heavy atom. The van der Waals surface area contributed by atoms with Crippen LogP contribution < -0.4 is 0 Å². The summed E-state index contributed by atoms with van der Waals surface area (Å²) in [5, 5.41) is 0.312. The van der Waals surface area contributed by atoms with Crippen molar-refractivity contribution >= 4 is 28.8 Å². The molecule has 1 rings (SSSR count). The monoisotopic (exact) mass is 228 g/mol. The van der Waals surface area contributed by atoms with Crippen molar-refractivity contribution < 1.29 is 14.3 Å². The van der Waals surface area contributed by atoms with Crippen LogP contribution in [0.3, 0.4) is 0 Å². The molecule has 0 amide bonds. The molecule has 1 N–H and O–H groups in total. The minimum Gasteiger partial charge on any atom is -0.346 e. The van der Waals surface area contributed by atoms with Gasteiger partial charge in [-0.3, -0.25) is 4.57 Å². The van der Waals surface area contributed by atoms with E-state index < -0.39 is 8.03 Å². The van der Waals surface area contributed by atoms with E-state index >= 15 is 0 Å². The van der Waals surface area contributed by atoms with E-state index in [-0.39, 0.29) is 22.5 Å². The lowest BCUT2D eigenvalue weighted by atomic mass is 9.54. The van der Waals surface area contributed by atoms with E-state index in [0.717, 1.165) is 6.42 Å². The largest absolute Gasteiger partial charge is 0.346 e. The van der Waals surface area contributed by atoms with E-state index in [1.807, 2.05) is 0 Å². The third kappa shape index (κ3) is 3.49. The molecule has 3 nitrogen and oxygen atoms in total. The second kappa shape index (κ2) is 4.10. The van der Waals surface area contributed by atoms with Crippen LogP contribution >= 0.6 is 8.03 Å². The van der Waals surface area contributed by atoms with Gasteiger partial charge in [0.25, 0.3) is 0 Å². The van der Waals surface area contributed by atoms with Gasteiger partial charge in [0.15, 0.2) is 8.03 Å². The highest BCUT2D eigenvalue weighted by molar-refractivity contribution is 7.40. The molecule has 0 aromatic carbocycles. The first-order valence-corrected chi connectivity index (χ1v) is 6.95. The SMILES string of the molecule is BC(C)(C)C1CC1(C)BC(=O)C[PH](=O)O. The van der Waals surface area contributed by atoms with Crippen molar-refractivity contribution in [2.24, 2.45) is 5.92 Å². The summed E-state index contributed by atoms with van der Waals surface area (Å²) in [7, 11) is 0.0175. The van der Waals surface area contributed by atoms with Crippen LogP contribution in [0.4, 0.5) is 0 Å². The molecule has 0 aromatic rings. The highest BCUT2D eigenvalue weighted by atomic mass is 31.1. The van der Waals surface area contributed by atoms with Crippen molar-refractivity contribution in [1.29, 1.82) is 0 Å². The Morgan fingerprint density at radius 2 is 2.27 bits per heavy atom. The average Bonchev–Trinajstić information content (AvgIpc) is 2.57. The molecule has 6 heteroatoms. The lowest BCUT2D eigenvalue weighted by molar-refractivity contribution is -0.110. The summed E-state index contributed by atoms with van der Waals surface area (Å²) >= 11 is 0. The predicted molar refractivity (Wildman–Crippen MR) is 67.3 cm³/mol. The maximum atomic E-state index is 11.4. The molecule has 0 aliphatic heterocycles. The van der Waals surface area contributed by atoms with Gasteiger partial charge in [-0.05, 0) is 11.2 Å². The lowest BCUT2D eigenvalue weighted by Crippen LogP contribution is -2.20. The molecule has 1 aliphatic rings. The Morgan fingerprint density at radius 1 is 1.73 bits per heavy atom. The van der Waals surface area contributed by atoms with Gasteiger partial charge in [-0.15, -0.1) is 0 Å². The Bertz CT molecular complexity index is 300. The first kappa shape index (κ1) is 13.1. The maximum absolute atomic E-state index is 11.4. The van der Waals surface area contributed by atoms with Gasteiger partial charge < -0.3 is 9.69 Å². The number of hydrogen-bond acceptors (Lipinski definition) is 2. The van der Waals surface area contributed by atoms with Crippen LogP contribution in [0.5, 0.6) is 0 Å². The zero-order chi connectivity index (χ0) is 11.9. The Kier molecular flexibility index (Phi) is 3.57. The summed E-state index contributed by atoms with van der Waals surface area (Å²) < 4.78 is 10.6. The Hall–Kier alpha value is -0.0101. The van der Waals surface area contributed by atoms with Crippen molar-refractivity contribution in [2.45, 2.75) is 37.8 Å². The summed E-state index contributed by atoms with van der Waals surface area (Å²) in [6, 6.07) is 0. The van der Waals surface area contributed by atoms with Crippen molar-refractivity contribution in [3.63, 3.8) is 0 Å². The predicted octanol–water partition coefficient (Wildman–Crippen LogP) is 0.447. The zero-order valence-electron chi connectivity index (χ0n) is 9.96. The van der Waals surface area contributed by atoms with Crippen LogP contribution in [0.15, 0.2) is 0 Å². The first-order valence-electron chi connectivity index (χ1n) is 5.39. The summed E-state index contributed by atoms with van der Waals surface area (Å²) in [6.45, 7) is 6.47. The molecule has 0 saturated heterocycles. The fourth-order valence-electron chi connectivity index (χ4n) is 2.64. The molecule has 0 radical (unpaired) electrons. The molecule has 15 heavy (non-hydrogen) atoms. The molecular weight excluding hydrogens is 209 g/mol. The second-order valence-corrected chi connectivity index (χ2v) is 7.20. The van der Waals surface area contributed by atoms with Crippen LogP contribution in [-0.2, 0) is 9.36 Å². The van der Waals surface area contributed by atoms with Gasteiger partial charge in [-0.1, -0.05) is 32.5 Å². The van der Waals surface area contributed by atoms with E-state index in [4.69, 9.17) is 4.89 Å². The van der Waals surface area contributed by atoms with E-state index in [0.29, 0.717) is 13.2 Å². The molecule has 84 valence electrons. The summed E-state index contributed by atoms with van der Waals surface area (Å²) in [5.41, 5.74) is -0.0596. The molecule has 0 heterocycles. The lowest BCUT2D eigenvalue weighted by Gasteiger charge is -2.21. The minimum absolute atomic E-state index is 0.0596. The number of carbonyl (C=O) groups excluding carboxylic acids is 1. The molecule has 1 fully saturated rings. The van der Waals surface area contributed by atoms with E-state index in [1.165, 1.54) is 0 Å². The molecule has 0 bridgehead atoms. The van der Waals surface area contributed by atoms with Crippen LogP contribution in [0.1, 0.15) is 27.2 Å². The zero-order valence-corrected chi connectivity index (χ0v) is 11.0. The number of rotatable bonds is 5. The van der Waals surface area contributed by atoms with Crippen LogP contribution in [0.2, 0.25) is 10.6 Å². The fourth-order valence-corrected chi connectivity index (χ4v) is 3.10. The third-order valence-corrected chi connectivity index (χ3v) is 4.04. The van der Waals surface area contributed by atoms with Gasteiger partial charge in [0, 0.05) is 0 Å². The molecule has 0 spiro atoms. The Balaban J connectivity index is 2.48. The summed E-state index contributed by atoms with van der Waals surface area (Å²) in [5.74, 6) is 0.565. The van der Waals surface area contributed by atoms with E-state index in [9.17, 15) is 9.36 Å². The smallest absolute Gasteiger partial charge is 0.212 e. The van der Waals surface area contributed by atoms with Crippen LogP contribution in [-0.4, -0.2) is 31.9 Å². The van der Waals surface area contributed by atoms with Gasteiger partial charge in [0.1, 0.15) is 7.85 Å². The summed E-state index contributed by atoms with van der Waals surface area (Å²) in [6.07, 6.45) is 0.922. The summed E-state index contributed by atoms with van der Waals surface area (Å²) in [4.78, 5) is 20.1. The van der Waals surface area contributed by atoms with Crippen molar-refractivity contribution in [3.05, 3.63) is 0 Å². The van der Waals surface area contributed by atoms with E-state index in [1.54, 1.807) is 0 Å². The maximum Gasteiger partial charge on any atom is 0.212 e. The highest BCUT2D eigenvalue weighted by Crippen LogP contribution is 2.67. The Labute approximate surface area is 93.5 Å². The second-order valence-electron chi connectivity index (χ2n) is 6.06. The van der Waals surface area contributed by atoms with Crippen molar-refractivity contribution in [2.75, 3.05) is 6.16 Å². The standard InChI is InChI=1S/C9H19B2O3P/c1-8(2,10)6-4-9(6,3)11-7(12)5-15(13)14/h6,11,15H,4-5,10H2,1-3H3,(H,13,14). The number of carbonyl (C=O) groups is 1. The molecule has 1 saturated carbocycles. The van der Waals surface area contributed by atoms with Gasteiger partial charge in [0.2, 0.25) is 7.28 Å². The minimum atomic E-state index is -2.63. The molecule has 1 aliphatic carbocycles. The van der Waals surface area contributed by atoms with Crippen LogP contribution in [0, 0.1) is 5.92 Å². The van der Waals surface area contributed by atoms with Gasteiger partial charge in [-0.2, -0.15) is 0 Å². The van der Waals surface area contributed by atoms with Crippen molar-refractivity contribution in [1.82, 2.24) is 0 Å². The average molecular weight is 228 g/mol. The first-order chi connectivity index (χ1) is 6.65. The van der Waals surface area contributed by atoms with Gasteiger partial charge in [-0.25, -0.2) is 0 Å². The van der Waals surface area contributed by atoms with E-state index in [2.05, 4.69) is 28.6 Å². The molecule has 3 unspecified atom stereocenters. The fraction of sp³-hybridized carbons (Fsp3) is 0.889.